The molecule has 0 aliphatic carbocycles. The third kappa shape index (κ3) is 5.22. The minimum absolute atomic E-state index is 0.377. The molecule has 0 radical (unpaired) electrons. The van der Waals surface area contributed by atoms with Gasteiger partial charge >= 0.3 is 5.97 Å². The fourth-order valence-corrected chi connectivity index (χ4v) is 2.98. The molecule has 0 aromatic heterocycles. The topological polar surface area (TPSA) is 59.0 Å². The summed E-state index contributed by atoms with van der Waals surface area (Å²) in [6.45, 7) is 7.90. The van der Waals surface area contributed by atoms with E-state index in [2.05, 4.69) is 11.0 Å². The van der Waals surface area contributed by atoms with Crippen LogP contribution in [0.1, 0.15) is 31.7 Å². The van der Waals surface area contributed by atoms with E-state index >= 15 is 0 Å². The van der Waals surface area contributed by atoms with Crippen molar-refractivity contribution in [3.8, 4) is 5.75 Å². The van der Waals surface area contributed by atoms with E-state index in [4.69, 9.17) is 9.47 Å². The first-order chi connectivity index (χ1) is 11.1. The Kier molecular flexibility index (Phi) is 6.86. The predicted molar refractivity (Wildman–Crippen MR) is 89.0 cm³/mol. The van der Waals surface area contributed by atoms with E-state index in [1.807, 2.05) is 25.1 Å². The van der Waals surface area contributed by atoms with Crippen molar-refractivity contribution >= 4 is 5.97 Å². The van der Waals surface area contributed by atoms with Crippen molar-refractivity contribution in [1.82, 2.24) is 4.90 Å². The van der Waals surface area contributed by atoms with Crippen molar-refractivity contribution in [3.05, 3.63) is 29.8 Å². The quantitative estimate of drug-likeness (QED) is 0.709. The van der Waals surface area contributed by atoms with Crippen LogP contribution < -0.4 is 4.74 Å². The van der Waals surface area contributed by atoms with E-state index in [9.17, 15) is 9.90 Å². The number of para-hydroxylation sites is 1. The van der Waals surface area contributed by atoms with Crippen LogP contribution in [0.5, 0.6) is 5.75 Å². The number of ether oxygens (including phenoxy) is 2. The Balaban J connectivity index is 2.03. The summed E-state index contributed by atoms with van der Waals surface area (Å²) in [7, 11) is 0. The highest BCUT2D eigenvalue weighted by atomic mass is 16.5. The van der Waals surface area contributed by atoms with Gasteiger partial charge in [0.1, 0.15) is 5.75 Å². The number of carboxylic acids is 1. The molecular formula is C18H27NO4. The maximum absolute atomic E-state index is 11.2. The van der Waals surface area contributed by atoms with Crippen molar-refractivity contribution in [1.29, 1.82) is 0 Å². The molecule has 0 fully saturated rings. The first kappa shape index (κ1) is 17.8. The maximum atomic E-state index is 11.2. The molecule has 1 aromatic carbocycles. The van der Waals surface area contributed by atoms with Gasteiger partial charge < -0.3 is 14.6 Å². The van der Waals surface area contributed by atoms with Crippen molar-refractivity contribution in [2.75, 3.05) is 39.5 Å². The molecule has 1 N–H and O–H groups in total. The highest BCUT2D eigenvalue weighted by Crippen LogP contribution is 2.33. The summed E-state index contributed by atoms with van der Waals surface area (Å²) in [5, 5.41) is 9.19. The van der Waals surface area contributed by atoms with Gasteiger partial charge in [0.15, 0.2) is 0 Å². The van der Waals surface area contributed by atoms with E-state index in [-0.39, 0.29) is 5.92 Å². The standard InChI is InChI=1S/C18H27NO4/c1-3-22-11-9-19(12-14(2)18(20)21)13-15-8-10-23-17-7-5-4-6-16(15)17/h4-7,14-15H,3,8-13H2,1-2H3,(H,20,21). The van der Waals surface area contributed by atoms with E-state index in [0.717, 1.165) is 31.9 Å². The Hall–Kier alpha value is -1.59. The fraction of sp³-hybridized carbons (Fsp3) is 0.611. The third-order valence-electron chi connectivity index (χ3n) is 4.27. The molecular weight excluding hydrogens is 294 g/mol. The predicted octanol–water partition coefficient (Wildman–Crippen LogP) is 2.61. The van der Waals surface area contributed by atoms with Crippen LogP contribution in [0.3, 0.4) is 0 Å². The lowest BCUT2D eigenvalue weighted by atomic mass is 9.92. The molecule has 1 aliphatic rings. The van der Waals surface area contributed by atoms with Gasteiger partial charge in [-0.25, -0.2) is 0 Å². The second-order valence-corrected chi connectivity index (χ2v) is 6.07. The highest BCUT2D eigenvalue weighted by molar-refractivity contribution is 5.69. The second kappa shape index (κ2) is 8.89. The number of benzene rings is 1. The van der Waals surface area contributed by atoms with Crippen LogP contribution in [0.25, 0.3) is 0 Å². The number of rotatable bonds is 9. The van der Waals surface area contributed by atoms with Crippen LogP contribution in [0.2, 0.25) is 0 Å². The van der Waals surface area contributed by atoms with Crippen molar-refractivity contribution < 1.29 is 19.4 Å². The van der Waals surface area contributed by atoms with Gasteiger partial charge in [-0.2, -0.15) is 0 Å². The first-order valence-corrected chi connectivity index (χ1v) is 8.36. The molecule has 1 aromatic rings. The lowest BCUT2D eigenvalue weighted by Gasteiger charge is -2.32. The lowest BCUT2D eigenvalue weighted by Crippen LogP contribution is -2.38. The average Bonchev–Trinajstić information content (AvgIpc) is 2.55. The second-order valence-electron chi connectivity index (χ2n) is 6.07. The summed E-state index contributed by atoms with van der Waals surface area (Å²) in [6.07, 6.45) is 0.962. The summed E-state index contributed by atoms with van der Waals surface area (Å²) >= 11 is 0. The molecule has 5 nitrogen and oxygen atoms in total. The molecule has 128 valence electrons. The van der Waals surface area contributed by atoms with Crippen molar-refractivity contribution in [2.24, 2.45) is 5.92 Å². The molecule has 23 heavy (non-hydrogen) atoms. The molecule has 2 unspecified atom stereocenters. The number of fused-ring (bicyclic) bond motifs is 1. The van der Waals surface area contributed by atoms with Gasteiger partial charge in [-0.05, 0) is 25.0 Å². The van der Waals surface area contributed by atoms with E-state index in [1.165, 1.54) is 5.56 Å². The summed E-state index contributed by atoms with van der Waals surface area (Å²) < 4.78 is 11.2. The van der Waals surface area contributed by atoms with Crippen LogP contribution in [-0.2, 0) is 9.53 Å². The Labute approximate surface area is 138 Å². The number of carboxylic acid groups (broad SMARTS) is 1. The number of carbonyl (C=O) groups is 1. The molecule has 5 heteroatoms. The molecule has 0 amide bonds. The van der Waals surface area contributed by atoms with E-state index < -0.39 is 5.97 Å². The summed E-state index contributed by atoms with van der Waals surface area (Å²) in [6, 6.07) is 8.14. The zero-order chi connectivity index (χ0) is 16.7. The summed E-state index contributed by atoms with van der Waals surface area (Å²) in [4.78, 5) is 13.4. The number of hydrogen-bond donors (Lipinski definition) is 1. The van der Waals surface area contributed by atoms with Gasteiger partial charge in [-0.1, -0.05) is 25.1 Å². The van der Waals surface area contributed by atoms with Crippen LogP contribution in [0.15, 0.2) is 24.3 Å². The Bertz CT molecular complexity index is 506. The smallest absolute Gasteiger partial charge is 0.307 e. The molecule has 0 saturated carbocycles. The van der Waals surface area contributed by atoms with Gasteiger partial charge in [-0.3, -0.25) is 9.69 Å². The number of nitrogens with zero attached hydrogens (tertiary/aromatic N) is 1. The van der Waals surface area contributed by atoms with Gasteiger partial charge in [-0.15, -0.1) is 0 Å². The van der Waals surface area contributed by atoms with Crippen LogP contribution >= 0.6 is 0 Å². The largest absolute Gasteiger partial charge is 0.493 e. The van der Waals surface area contributed by atoms with Crippen LogP contribution in [0.4, 0.5) is 0 Å². The van der Waals surface area contributed by atoms with Gasteiger partial charge in [0.05, 0.1) is 19.1 Å². The monoisotopic (exact) mass is 321 g/mol. The summed E-state index contributed by atoms with van der Waals surface area (Å²) in [5.41, 5.74) is 1.23. The molecule has 0 bridgehead atoms. The van der Waals surface area contributed by atoms with Gasteiger partial charge in [0.2, 0.25) is 0 Å². The van der Waals surface area contributed by atoms with Crippen LogP contribution in [-0.4, -0.2) is 55.4 Å². The van der Waals surface area contributed by atoms with Crippen LogP contribution in [0, 0.1) is 5.92 Å². The Morgan fingerprint density at radius 1 is 1.48 bits per heavy atom. The molecule has 0 spiro atoms. The van der Waals surface area contributed by atoms with Gasteiger partial charge in [0, 0.05) is 32.2 Å². The average molecular weight is 321 g/mol. The number of aliphatic carboxylic acids is 1. The zero-order valence-corrected chi connectivity index (χ0v) is 14.0. The maximum Gasteiger partial charge on any atom is 0.307 e. The molecule has 0 saturated heterocycles. The summed E-state index contributed by atoms with van der Waals surface area (Å²) in [5.74, 6) is 0.202. The SMILES string of the molecule is CCOCCN(CC(C)C(=O)O)CC1CCOc2ccccc21. The molecule has 1 aliphatic heterocycles. The molecule has 1 heterocycles. The lowest BCUT2D eigenvalue weighted by molar-refractivity contribution is -0.141. The minimum atomic E-state index is -0.751. The van der Waals surface area contributed by atoms with E-state index in [1.54, 1.807) is 6.92 Å². The Morgan fingerprint density at radius 2 is 2.26 bits per heavy atom. The van der Waals surface area contributed by atoms with E-state index in [0.29, 0.717) is 25.7 Å². The fourth-order valence-electron chi connectivity index (χ4n) is 2.98. The normalized spacial score (nSPS) is 18.3. The molecule has 2 atom stereocenters. The molecule has 2 rings (SSSR count). The minimum Gasteiger partial charge on any atom is -0.493 e. The first-order valence-electron chi connectivity index (χ1n) is 8.36. The highest BCUT2D eigenvalue weighted by Gasteiger charge is 2.25. The van der Waals surface area contributed by atoms with Crippen molar-refractivity contribution in [3.63, 3.8) is 0 Å². The van der Waals surface area contributed by atoms with Gasteiger partial charge in [0.25, 0.3) is 0 Å². The third-order valence-corrected chi connectivity index (χ3v) is 4.27. The number of hydrogen-bond acceptors (Lipinski definition) is 4. The zero-order valence-electron chi connectivity index (χ0n) is 14.0. The van der Waals surface area contributed by atoms with Crippen molar-refractivity contribution in [2.45, 2.75) is 26.2 Å². The Morgan fingerprint density at radius 3 is 3.00 bits per heavy atom.